The first kappa shape index (κ1) is 18.9. The zero-order valence-corrected chi connectivity index (χ0v) is 14.4. The second-order valence-corrected chi connectivity index (χ2v) is 5.70. The van der Waals surface area contributed by atoms with E-state index in [2.05, 4.69) is 4.98 Å². The molecule has 1 aromatic rings. The third-order valence-corrected chi connectivity index (χ3v) is 3.89. The van der Waals surface area contributed by atoms with Gasteiger partial charge in [0.05, 0.1) is 18.5 Å². The summed E-state index contributed by atoms with van der Waals surface area (Å²) >= 11 is 0. The van der Waals surface area contributed by atoms with Gasteiger partial charge in [-0.25, -0.2) is 4.39 Å². The number of nitriles is 1. The molecule has 0 fully saturated rings. The summed E-state index contributed by atoms with van der Waals surface area (Å²) in [7, 11) is 0. The van der Waals surface area contributed by atoms with E-state index in [-0.39, 0.29) is 19.1 Å². The maximum absolute atomic E-state index is 13.7. The van der Waals surface area contributed by atoms with Crippen LogP contribution in [0.15, 0.2) is 12.4 Å². The summed E-state index contributed by atoms with van der Waals surface area (Å²) in [6.45, 7) is 9.47. The zero-order valence-electron chi connectivity index (χ0n) is 14.4. The van der Waals surface area contributed by atoms with Gasteiger partial charge < -0.3 is 9.64 Å². The van der Waals surface area contributed by atoms with Gasteiger partial charge in [-0.1, -0.05) is 13.8 Å². The van der Waals surface area contributed by atoms with Crippen LogP contribution in [0.1, 0.15) is 45.7 Å². The molecule has 5 nitrogen and oxygen atoms in total. The van der Waals surface area contributed by atoms with Crippen LogP contribution in [0.3, 0.4) is 0 Å². The van der Waals surface area contributed by atoms with Crippen molar-refractivity contribution in [2.24, 2.45) is 5.41 Å². The lowest BCUT2D eigenvalue weighted by Crippen LogP contribution is -2.45. The van der Waals surface area contributed by atoms with Crippen molar-refractivity contribution >= 4 is 5.91 Å². The number of carbonyl (C=O) groups excluding carboxylic acids is 1. The Bertz CT molecular complexity index is 594. The van der Waals surface area contributed by atoms with E-state index in [0.29, 0.717) is 23.4 Å². The zero-order chi connectivity index (χ0) is 17.6. The Morgan fingerprint density at radius 2 is 2.13 bits per heavy atom. The molecule has 0 saturated carbocycles. The summed E-state index contributed by atoms with van der Waals surface area (Å²) in [5.41, 5.74) is -0.0766. The minimum atomic E-state index is -1.25. The van der Waals surface area contributed by atoms with Crippen molar-refractivity contribution in [1.29, 1.82) is 5.26 Å². The number of aromatic nitrogens is 1. The Morgan fingerprint density at radius 1 is 1.48 bits per heavy atom. The molecule has 1 atom stereocenters. The Hall–Kier alpha value is -2.16. The minimum absolute atomic E-state index is 0.267. The summed E-state index contributed by atoms with van der Waals surface area (Å²) in [6.07, 6.45) is 1.76. The minimum Gasteiger partial charge on any atom is -0.490 e. The average molecular weight is 321 g/mol. The number of carbonyl (C=O) groups is 1. The van der Waals surface area contributed by atoms with Gasteiger partial charge in [0.15, 0.2) is 0 Å². The highest BCUT2D eigenvalue weighted by atomic mass is 19.1. The maximum Gasteiger partial charge on any atom is 0.231 e. The van der Waals surface area contributed by atoms with Gasteiger partial charge in [-0.05, 0) is 20.8 Å². The molecule has 2 heterocycles. The second-order valence-electron chi connectivity index (χ2n) is 5.70. The van der Waals surface area contributed by atoms with Gasteiger partial charge in [0.25, 0.3) is 0 Å². The van der Waals surface area contributed by atoms with Crippen molar-refractivity contribution in [2.75, 3.05) is 13.2 Å². The normalized spacial score (nSPS) is 15.1. The number of fused-ring (bicyclic) bond motifs is 1. The molecule has 126 valence electrons. The fraction of sp³-hybridized carbons (Fsp3) is 0.588. The van der Waals surface area contributed by atoms with Gasteiger partial charge in [-0.3, -0.25) is 9.78 Å². The van der Waals surface area contributed by atoms with Gasteiger partial charge in [-0.15, -0.1) is 0 Å². The molecule has 0 spiro atoms. The number of nitrogens with zero attached hydrogens (tertiary/aromatic N) is 3. The lowest BCUT2D eigenvalue weighted by Gasteiger charge is -2.31. The SMILES string of the molecule is CC.CC(F)C(C)(C)C(=O)N1CCOc2c(C#N)cncc2C1. The monoisotopic (exact) mass is 321 g/mol. The molecule has 0 bridgehead atoms. The fourth-order valence-corrected chi connectivity index (χ4v) is 2.15. The van der Waals surface area contributed by atoms with Crippen molar-refractivity contribution in [2.45, 2.75) is 47.3 Å². The van der Waals surface area contributed by atoms with E-state index in [4.69, 9.17) is 10.00 Å². The van der Waals surface area contributed by atoms with Gasteiger partial charge >= 0.3 is 0 Å². The first-order valence-electron chi connectivity index (χ1n) is 7.81. The third kappa shape index (κ3) is 3.98. The molecular weight excluding hydrogens is 297 g/mol. The highest BCUT2D eigenvalue weighted by Crippen LogP contribution is 2.30. The van der Waals surface area contributed by atoms with Crippen LogP contribution in [-0.2, 0) is 11.3 Å². The summed E-state index contributed by atoms with van der Waals surface area (Å²) in [5.74, 6) is 0.199. The topological polar surface area (TPSA) is 66.2 Å². The maximum atomic E-state index is 13.7. The summed E-state index contributed by atoms with van der Waals surface area (Å²) in [6, 6.07) is 2.02. The number of halogens is 1. The number of alkyl halides is 1. The van der Waals surface area contributed by atoms with E-state index < -0.39 is 11.6 Å². The van der Waals surface area contributed by atoms with Crippen LogP contribution in [0.2, 0.25) is 0 Å². The number of rotatable bonds is 2. The molecule has 0 saturated heterocycles. The van der Waals surface area contributed by atoms with E-state index in [9.17, 15) is 9.18 Å². The summed E-state index contributed by atoms with van der Waals surface area (Å²) in [5, 5.41) is 9.06. The van der Waals surface area contributed by atoms with Crippen LogP contribution in [0.5, 0.6) is 5.75 Å². The Balaban J connectivity index is 0.00000127. The quantitative estimate of drug-likeness (QED) is 0.839. The molecule has 1 unspecified atom stereocenters. The Kier molecular flexibility index (Phi) is 6.49. The molecular formula is C17H24FN3O2. The van der Waals surface area contributed by atoms with Gasteiger partial charge in [0, 0.05) is 18.0 Å². The van der Waals surface area contributed by atoms with Crippen molar-refractivity contribution in [3.63, 3.8) is 0 Å². The van der Waals surface area contributed by atoms with Crippen LogP contribution in [0.4, 0.5) is 4.39 Å². The number of hydrogen-bond acceptors (Lipinski definition) is 4. The smallest absolute Gasteiger partial charge is 0.231 e. The fourth-order valence-electron chi connectivity index (χ4n) is 2.15. The number of amides is 1. The van der Waals surface area contributed by atoms with Crippen LogP contribution in [0, 0.1) is 16.7 Å². The van der Waals surface area contributed by atoms with Gasteiger partial charge in [0.2, 0.25) is 5.91 Å². The van der Waals surface area contributed by atoms with Crippen LogP contribution in [-0.4, -0.2) is 35.1 Å². The van der Waals surface area contributed by atoms with E-state index >= 15 is 0 Å². The Labute approximate surface area is 137 Å². The van der Waals surface area contributed by atoms with Crippen LogP contribution in [0.25, 0.3) is 0 Å². The first-order chi connectivity index (χ1) is 10.9. The van der Waals surface area contributed by atoms with Crippen molar-refractivity contribution in [1.82, 2.24) is 9.88 Å². The number of ether oxygens (including phenoxy) is 1. The van der Waals surface area contributed by atoms with Crippen molar-refractivity contribution in [3.8, 4) is 11.8 Å². The molecule has 0 N–H and O–H groups in total. The summed E-state index contributed by atoms with van der Waals surface area (Å²) in [4.78, 5) is 18.1. The van der Waals surface area contributed by atoms with E-state index in [0.717, 1.165) is 0 Å². The molecule has 1 aliphatic heterocycles. The van der Waals surface area contributed by atoms with Crippen LogP contribution < -0.4 is 4.74 Å². The molecule has 23 heavy (non-hydrogen) atoms. The van der Waals surface area contributed by atoms with E-state index in [1.807, 2.05) is 19.9 Å². The Morgan fingerprint density at radius 3 is 2.70 bits per heavy atom. The molecule has 1 aliphatic rings. The third-order valence-electron chi connectivity index (χ3n) is 3.89. The van der Waals surface area contributed by atoms with Crippen molar-refractivity contribution in [3.05, 3.63) is 23.5 Å². The van der Waals surface area contributed by atoms with Crippen LogP contribution >= 0.6 is 0 Å². The molecule has 1 aromatic heterocycles. The summed E-state index contributed by atoms with van der Waals surface area (Å²) < 4.78 is 19.2. The first-order valence-corrected chi connectivity index (χ1v) is 7.81. The van der Waals surface area contributed by atoms with Gasteiger partial charge in [-0.2, -0.15) is 5.26 Å². The number of hydrogen-bond donors (Lipinski definition) is 0. The molecule has 0 radical (unpaired) electrons. The lowest BCUT2D eigenvalue weighted by atomic mass is 9.86. The van der Waals surface area contributed by atoms with Crippen molar-refractivity contribution < 1.29 is 13.9 Å². The largest absolute Gasteiger partial charge is 0.490 e. The molecule has 1 amide bonds. The molecule has 6 heteroatoms. The molecule has 0 aromatic carbocycles. The molecule has 2 rings (SSSR count). The number of pyridine rings is 1. The lowest BCUT2D eigenvalue weighted by molar-refractivity contribution is -0.144. The average Bonchev–Trinajstić information content (AvgIpc) is 2.77. The second kappa shape index (κ2) is 7.91. The van der Waals surface area contributed by atoms with E-state index in [1.165, 1.54) is 13.1 Å². The highest BCUT2D eigenvalue weighted by Gasteiger charge is 2.38. The highest BCUT2D eigenvalue weighted by molar-refractivity contribution is 5.82. The van der Waals surface area contributed by atoms with E-state index in [1.54, 1.807) is 24.9 Å². The predicted molar refractivity (Wildman–Crippen MR) is 85.6 cm³/mol. The predicted octanol–water partition coefficient (Wildman–Crippen LogP) is 3.08. The standard InChI is InChI=1S/C15H18FN3O2.C2H6/c1-10(16)15(2,3)14(20)19-4-5-21-13-11(6-17)7-18-8-12(13)9-19;1-2/h7-8,10H,4-5,9H2,1-3H3;1-2H3. The molecule has 0 aliphatic carbocycles. The van der Waals surface area contributed by atoms with Gasteiger partial charge in [0.1, 0.15) is 30.2 Å².